The number of allylic oxidation sites excluding steroid dienone is 1. The highest BCUT2D eigenvalue weighted by molar-refractivity contribution is 6.30. The molecule has 1 aliphatic heterocycles. The monoisotopic (exact) mass is 508 g/mol. The molecule has 0 fully saturated rings. The van der Waals surface area contributed by atoms with E-state index in [1.54, 1.807) is 50.6 Å². The molecule has 0 saturated heterocycles. The van der Waals surface area contributed by atoms with Gasteiger partial charge in [-0.1, -0.05) is 60.7 Å². The Hall–Kier alpha value is -4.71. The smallest absolute Gasteiger partial charge is 0.197 e. The third-order valence-corrected chi connectivity index (χ3v) is 6.23. The zero-order valence-electron chi connectivity index (χ0n) is 21.3. The number of ketones is 1. The number of hydrogen-bond acceptors (Lipinski definition) is 6. The molecular formula is C32H28O6. The molecule has 0 bridgehead atoms. The van der Waals surface area contributed by atoms with Gasteiger partial charge >= 0.3 is 0 Å². The standard InChI is InChI=1S/C32H28O6/c1-34-30-18-27-25(15-16-36-29(27)19-31(30)35-2)32(33)26-14-13-24(37-20-22-9-5-3-6-10-22)17-28(26)38-21-23-11-7-4-8-12-23/h3-15,17-19H,16,20-21H2,1-2H3. The lowest BCUT2D eigenvalue weighted by atomic mass is 9.93. The zero-order chi connectivity index (χ0) is 26.3. The first-order valence-corrected chi connectivity index (χ1v) is 12.3. The topological polar surface area (TPSA) is 63.2 Å². The van der Waals surface area contributed by atoms with Crippen LogP contribution < -0.4 is 23.7 Å². The Kier molecular flexibility index (Phi) is 7.59. The Balaban J connectivity index is 1.46. The van der Waals surface area contributed by atoms with E-state index < -0.39 is 0 Å². The van der Waals surface area contributed by atoms with Crippen molar-refractivity contribution in [3.63, 3.8) is 0 Å². The average molecular weight is 509 g/mol. The van der Waals surface area contributed by atoms with E-state index in [4.69, 9.17) is 23.7 Å². The van der Waals surface area contributed by atoms with Gasteiger partial charge in [-0.15, -0.1) is 0 Å². The number of fused-ring (bicyclic) bond motifs is 1. The van der Waals surface area contributed by atoms with Gasteiger partial charge in [0.05, 0.1) is 19.8 Å². The highest BCUT2D eigenvalue weighted by Gasteiger charge is 2.26. The fourth-order valence-corrected chi connectivity index (χ4v) is 4.25. The lowest BCUT2D eigenvalue weighted by Gasteiger charge is -2.21. The maximum absolute atomic E-state index is 13.9. The van der Waals surface area contributed by atoms with Crippen LogP contribution in [0.15, 0.2) is 97.1 Å². The van der Waals surface area contributed by atoms with Crippen LogP contribution in [0.25, 0.3) is 5.57 Å². The lowest BCUT2D eigenvalue weighted by Crippen LogP contribution is -2.13. The van der Waals surface area contributed by atoms with Crippen LogP contribution in [0.2, 0.25) is 0 Å². The molecule has 0 amide bonds. The SMILES string of the molecule is COc1cc2c(cc1OC)C(C(=O)c1ccc(OCc3ccccc3)cc1OCc1ccccc1)=CCO2. The normalized spacial score (nSPS) is 12.0. The third-order valence-electron chi connectivity index (χ3n) is 6.23. The Morgan fingerprint density at radius 1 is 0.737 bits per heavy atom. The molecule has 0 saturated carbocycles. The number of methoxy groups -OCH3 is 2. The van der Waals surface area contributed by atoms with Crippen LogP contribution in [0.3, 0.4) is 0 Å². The predicted octanol–water partition coefficient (Wildman–Crippen LogP) is 6.52. The first-order valence-electron chi connectivity index (χ1n) is 12.3. The van der Waals surface area contributed by atoms with E-state index in [1.807, 2.05) is 60.7 Å². The van der Waals surface area contributed by atoms with Crippen LogP contribution in [0, 0.1) is 0 Å². The van der Waals surface area contributed by atoms with Gasteiger partial charge in [-0.2, -0.15) is 0 Å². The quantitative estimate of drug-likeness (QED) is 0.227. The molecule has 0 radical (unpaired) electrons. The van der Waals surface area contributed by atoms with Crippen LogP contribution in [-0.2, 0) is 13.2 Å². The molecule has 192 valence electrons. The van der Waals surface area contributed by atoms with Gasteiger partial charge in [0.2, 0.25) is 0 Å². The highest BCUT2D eigenvalue weighted by atomic mass is 16.5. The average Bonchev–Trinajstić information content (AvgIpc) is 2.98. The first kappa shape index (κ1) is 25.0. The summed E-state index contributed by atoms with van der Waals surface area (Å²) in [6.45, 7) is 0.985. The van der Waals surface area contributed by atoms with Crippen molar-refractivity contribution in [2.75, 3.05) is 20.8 Å². The van der Waals surface area contributed by atoms with Gasteiger partial charge in [-0.25, -0.2) is 0 Å². The number of carbonyl (C=O) groups excluding carboxylic acids is 1. The van der Waals surface area contributed by atoms with Crippen LogP contribution in [-0.4, -0.2) is 26.6 Å². The Morgan fingerprint density at radius 3 is 2.03 bits per heavy atom. The van der Waals surface area contributed by atoms with E-state index in [0.29, 0.717) is 58.7 Å². The minimum absolute atomic E-state index is 0.181. The van der Waals surface area contributed by atoms with E-state index in [9.17, 15) is 4.79 Å². The molecule has 0 spiro atoms. The number of Topliss-reactive ketones (excluding diaryl/α,β-unsaturated/α-hetero) is 1. The van der Waals surface area contributed by atoms with Crippen molar-refractivity contribution >= 4 is 11.4 Å². The minimum atomic E-state index is -0.181. The number of benzene rings is 4. The maximum Gasteiger partial charge on any atom is 0.197 e. The Bertz CT molecular complexity index is 1440. The summed E-state index contributed by atoms with van der Waals surface area (Å²) in [6, 6.07) is 28.6. The van der Waals surface area contributed by atoms with Crippen molar-refractivity contribution in [3.8, 4) is 28.7 Å². The highest BCUT2D eigenvalue weighted by Crippen LogP contribution is 2.41. The van der Waals surface area contributed by atoms with Gasteiger partial charge in [0.15, 0.2) is 17.3 Å². The zero-order valence-corrected chi connectivity index (χ0v) is 21.3. The second-order valence-corrected chi connectivity index (χ2v) is 8.67. The van der Waals surface area contributed by atoms with Crippen molar-refractivity contribution in [1.29, 1.82) is 0 Å². The summed E-state index contributed by atoms with van der Waals surface area (Å²) in [5.74, 6) is 2.48. The summed E-state index contributed by atoms with van der Waals surface area (Å²) in [6.07, 6.45) is 1.78. The molecule has 38 heavy (non-hydrogen) atoms. The molecule has 0 unspecified atom stereocenters. The number of ether oxygens (including phenoxy) is 5. The van der Waals surface area contributed by atoms with Gasteiger partial charge in [0, 0.05) is 23.3 Å². The van der Waals surface area contributed by atoms with Gasteiger partial charge in [-0.05, 0) is 35.4 Å². The Labute approximate surface area is 222 Å². The fourth-order valence-electron chi connectivity index (χ4n) is 4.25. The molecule has 0 aliphatic carbocycles. The summed E-state index contributed by atoms with van der Waals surface area (Å²) in [7, 11) is 3.12. The first-order chi connectivity index (χ1) is 18.7. The molecular weight excluding hydrogens is 480 g/mol. The number of rotatable bonds is 10. The molecule has 0 atom stereocenters. The summed E-state index contributed by atoms with van der Waals surface area (Å²) in [5.41, 5.74) is 3.62. The second-order valence-electron chi connectivity index (χ2n) is 8.67. The number of carbonyl (C=O) groups is 1. The van der Waals surface area contributed by atoms with E-state index in [-0.39, 0.29) is 12.4 Å². The lowest BCUT2D eigenvalue weighted by molar-refractivity contribution is 0.105. The van der Waals surface area contributed by atoms with Gasteiger partial charge in [-0.3, -0.25) is 4.79 Å². The molecule has 5 rings (SSSR count). The third kappa shape index (κ3) is 5.49. The summed E-state index contributed by atoms with van der Waals surface area (Å²) >= 11 is 0. The van der Waals surface area contributed by atoms with Crippen molar-refractivity contribution in [3.05, 3.63) is 119 Å². The molecule has 1 aliphatic rings. The van der Waals surface area contributed by atoms with Crippen LogP contribution in [0.4, 0.5) is 0 Å². The molecule has 4 aromatic rings. The van der Waals surface area contributed by atoms with Crippen molar-refractivity contribution < 1.29 is 28.5 Å². The van der Waals surface area contributed by atoms with Gasteiger partial charge in [0.1, 0.15) is 37.1 Å². The second kappa shape index (κ2) is 11.6. The van der Waals surface area contributed by atoms with Crippen LogP contribution in [0.1, 0.15) is 27.0 Å². The van der Waals surface area contributed by atoms with E-state index >= 15 is 0 Å². The minimum Gasteiger partial charge on any atom is -0.493 e. The molecule has 0 aromatic heterocycles. The van der Waals surface area contributed by atoms with Gasteiger partial charge in [0.25, 0.3) is 0 Å². The van der Waals surface area contributed by atoms with Crippen molar-refractivity contribution in [2.45, 2.75) is 13.2 Å². The van der Waals surface area contributed by atoms with E-state index in [0.717, 1.165) is 11.1 Å². The Morgan fingerprint density at radius 2 is 1.37 bits per heavy atom. The number of hydrogen-bond donors (Lipinski definition) is 0. The molecule has 6 heteroatoms. The van der Waals surface area contributed by atoms with Gasteiger partial charge < -0.3 is 23.7 Å². The van der Waals surface area contributed by atoms with E-state index in [1.165, 1.54) is 0 Å². The summed E-state index contributed by atoms with van der Waals surface area (Å²) in [4.78, 5) is 13.9. The van der Waals surface area contributed by atoms with E-state index in [2.05, 4.69) is 0 Å². The molecule has 1 heterocycles. The predicted molar refractivity (Wildman–Crippen MR) is 145 cm³/mol. The summed E-state index contributed by atoms with van der Waals surface area (Å²) < 4.78 is 28.9. The molecule has 4 aromatic carbocycles. The largest absolute Gasteiger partial charge is 0.493 e. The van der Waals surface area contributed by atoms with Crippen LogP contribution >= 0.6 is 0 Å². The van der Waals surface area contributed by atoms with Crippen LogP contribution in [0.5, 0.6) is 28.7 Å². The molecule has 0 N–H and O–H groups in total. The maximum atomic E-state index is 13.9. The van der Waals surface area contributed by atoms with Crippen molar-refractivity contribution in [1.82, 2.24) is 0 Å². The fraction of sp³-hybridized carbons (Fsp3) is 0.156. The van der Waals surface area contributed by atoms with Crippen molar-refractivity contribution in [2.24, 2.45) is 0 Å². The molecule has 6 nitrogen and oxygen atoms in total. The summed E-state index contributed by atoms with van der Waals surface area (Å²) in [5, 5.41) is 0.